The van der Waals surface area contributed by atoms with Gasteiger partial charge in [-0.3, -0.25) is 10.1 Å². The van der Waals surface area contributed by atoms with Gasteiger partial charge in [0.2, 0.25) is 0 Å². The molecule has 0 unspecified atom stereocenters. The van der Waals surface area contributed by atoms with E-state index in [1.165, 1.54) is 12.1 Å². The number of pyridine rings is 3. The first-order valence-electron chi connectivity index (χ1n) is 9.76. The van der Waals surface area contributed by atoms with Crippen molar-refractivity contribution in [1.82, 2.24) is 30.1 Å². The second kappa shape index (κ2) is 6.84. The van der Waals surface area contributed by atoms with Gasteiger partial charge in [0.05, 0.1) is 16.9 Å². The third kappa shape index (κ3) is 2.95. The lowest BCUT2D eigenvalue weighted by Crippen LogP contribution is -1.86. The number of hydrogen-bond donors (Lipinski definition) is 2. The summed E-state index contributed by atoms with van der Waals surface area (Å²) in [5.41, 5.74) is 7.31. The zero-order valence-corrected chi connectivity index (χ0v) is 16.2. The molecule has 6 rings (SSSR count). The standard InChI is InChI=1S/C24H15FN6/c25-16-3-1-2-15(12-16)17-8-11-27-24-18(17)13-21(29-24)23-22-20(30-31-23)5-4-19(28-22)14-6-9-26-10-7-14/h1-13H,(H,27,29)(H,30,31). The maximum atomic E-state index is 13.8. The molecule has 5 aromatic heterocycles. The van der Waals surface area contributed by atoms with Gasteiger partial charge in [0.25, 0.3) is 0 Å². The monoisotopic (exact) mass is 406 g/mol. The average molecular weight is 406 g/mol. The van der Waals surface area contributed by atoms with Crippen molar-refractivity contribution in [2.75, 3.05) is 0 Å². The Morgan fingerprint density at radius 1 is 0.839 bits per heavy atom. The zero-order chi connectivity index (χ0) is 20.8. The summed E-state index contributed by atoms with van der Waals surface area (Å²) < 4.78 is 13.8. The number of rotatable bonds is 3. The van der Waals surface area contributed by atoms with Crippen LogP contribution < -0.4 is 0 Å². The third-order valence-corrected chi connectivity index (χ3v) is 5.31. The van der Waals surface area contributed by atoms with Crippen LogP contribution in [0.25, 0.3) is 55.8 Å². The van der Waals surface area contributed by atoms with E-state index in [1.54, 1.807) is 24.7 Å². The summed E-state index contributed by atoms with van der Waals surface area (Å²) in [6.07, 6.45) is 5.20. The van der Waals surface area contributed by atoms with Gasteiger partial charge in [0.1, 0.15) is 22.7 Å². The fourth-order valence-corrected chi connectivity index (χ4v) is 3.83. The average Bonchev–Trinajstić information content (AvgIpc) is 3.43. The second-order valence-corrected chi connectivity index (χ2v) is 7.21. The molecule has 0 saturated heterocycles. The van der Waals surface area contributed by atoms with E-state index in [4.69, 9.17) is 4.98 Å². The first-order chi connectivity index (χ1) is 15.3. The van der Waals surface area contributed by atoms with Gasteiger partial charge in [-0.05, 0) is 59.7 Å². The Morgan fingerprint density at radius 3 is 2.61 bits per heavy atom. The van der Waals surface area contributed by atoms with Crippen LogP contribution in [-0.4, -0.2) is 30.1 Å². The van der Waals surface area contributed by atoms with Gasteiger partial charge in [-0.1, -0.05) is 12.1 Å². The number of nitrogens with one attached hydrogen (secondary N) is 2. The Hall–Kier alpha value is -4.39. The molecule has 6 nitrogen and oxygen atoms in total. The molecule has 1 aromatic carbocycles. The van der Waals surface area contributed by atoms with E-state index in [-0.39, 0.29) is 5.82 Å². The topological polar surface area (TPSA) is 83.1 Å². The summed E-state index contributed by atoms with van der Waals surface area (Å²) in [5, 5.41) is 8.43. The third-order valence-electron chi connectivity index (χ3n) is 5.31. The first kappa shape index (κ1) is 17.5. The van der Waals surface area contributed by atoms with Gasteiger partial charge >= 0.3 is 0 Å². The molecule has 0 aliphatic rings. The number of fused-ring (bicyclic) bond motifs is 2. The number of benzene rings is 1. The van der Waals surface area contributed by atoms with Crippen LogP contribution in [0.2, 0.25) is 0 Å². The molecule has 5 heterocycles. The van der Waals surface area contributed by atoms with Crippen LogP contribution >= 0.6 is 0 Å². The summed E-state index contributed by atoms with van der Waals surface area (Å²) in [5.74, 6) is -0.274. The molecule has 0 saturated carbocycles. The maximum Gasteiger partial charge on any atom is 0.138 e. The van der Waals surface area contributed by atoms with Crippen LogP contribution in [-0.2, 0) is 0 Å². The highest BCUT2D eigenvalue weighted by Crippen LogP contribution is 2.33. The van der Waals surface area contributed by atoms with E-state index in [9.17, 15) is 4.39 Å². The quantitative estimate of drug-likeness (QED) is 0.414. The van der Waals surface area contributed by atoms with Crippen molar-refractivity contribution < 1.29 is 4.39 Å². The van der Waals surface area contributed by atoms with Crippen molar-refractivity contribution in [3.8, 4) is 33.8 Å². The minimum atomic E-state index is -0.274. The highest BCUT2D eigenvalue weighted by atomic mass is 19.1. The van der Waals surface area contributed by atoms with Crippen LogP contribution in [0.15, 0.2) is 79.3 Å². The molecular formula is C24H15FN6. The highest BCUT2D eigenvalue weighted by molar-refractivity contribution is 5.99. The van der Waals surface area contributed by atoms with Crippen LogP contribution in [0.4, 0.5) is 4.39 Å². The van der Waals surface area contributed by atoms with Gasteiger partial charge < -0.3 is 4.98 Å². The number of H-pyrrole nitrogens is 2. The number of hydrogen-bond acceptors (Lipinski definition) is 4. The highest BCUT2D eigenvalue weighted by Gasteiger charge is 2.16. The molecule has 0 atom stereocenters. The van der Waals surface area contributed by atoms with Crippen molar-refractivity contribution in [3.63, 3.8) is 0 Å². The largest absolute Gasteiger partial charge is 0.338 e. The van der Waals surface area contributed by atoms with E-state index >= 15 is 0 Å². The normalized spacial score (nSPS) is 11.4. The smallest absolute Gasteiger partial charge is 0.138 e. The predicted molar refractivity (Wildman–Crippen MR) is 118 cm³/mol. The minimum absolute atomic E-state index is 0.274. The predicted octanol–water partition coefficient (Wildman–Crippen LogP) is 5.37. The van der Waals surface area contributed by atoms with Crippen molar-refractivity contribution in [3.05, 3.63) is 85.1 Å². The van der Waals surface area contributed by atoms with E-state index < -0.39 is 0 Å². The first-order valence-corrected chi connectivity index (χ1v) is 9.76. The fourth-order valence-electron chi connectivity index (χ4n) is 3.83. The van der Waals surface area contributed by atoms with Crippen LogP contribution in [0.5, 0.6) is 0 Å². The summed E-state index contributed by atoms with van der Waals surface area (Å²) in [6, 6.07) is 18.2. The molecule has 148 valence electrons. The van der Waals surface area contributed by atoms with Gasteiger partial charge in [-0.25, -0.2) is 14.4 Å². The lowest BCUT2D eigenvalue weighted by molar-refractivity contribution is 0.628. The second-order valence-electron chi connectivity index (χ2n) is 7.21. The lowest BCUT2D eigenvalue weighted by atomic mass is 10.0. The Balaban J connectivity index is 1.52. The number of nitrogens with zero attached hydrogens (tertiary/aromatic N) is 4. The molecule has 0 radical (unpaired) electrons. The molecule has 0 bridgehead atoms. The Labute approximate surface area is 175 Å². The molecule has 0 aliphatic heterocycles. The van der Waals surface area contributed by atoms with Gasteiger partial charge in [-0.2, -0.15) is 5.10 Å². The SMILES string of the molecule is Fc1cccc(-c2ccnc3[nH]c(-c4n[nH]c5ccc(-c6ccncc6)nc45)cc23)c1. The molecule has 0 fully saturated rings. The number of aromatic amines is 2. The van der Waals surface area contributed by atoms with Gasteiger partial charge in [-0.15, -0.1) is 0 Å². The summed E-state index contributed by atoms with van der Waals surface area (Å²) in [4.78, 5) is 16.7. The molecule has 0 spiro atoms. The fraction of sp³-hybridized carbons (Fsp3) is 0. The van der Waals surface area contributed by atoms with E-state index in [0.717, 1.165) is 44.5 Å². The lowest BCUT2D eigenvalue weighted by Gasteiger charge is -2.02. The van der Waals surface area contributed by atoms with Crippen molar-refractivity contribution in [1.29, 1.82) is 0 Å². The van der Waals surface area contributed by atoms with Crippen LogP contribution in [0.1, 0.15) is 0 Å². The number of halogens is 1. The molecule has 6 aromatic rings. The maximum absolute atomic E-state index is 13.8. The van der Waals surface area contributed by atoms with Crippen molar-refractivity contribution in [2.24, 2.45) is 0 Å². The minimum Gasteiger partial charge on any atom is -0.338 e. The molecule has 0 aliphatic carbocycles. The van der Waals surface area contributed by atoms with Crippen LogP contribution in [0.3, 0.4) is 0 Å². The molecular weight excluding hydrogens is 391 g/mol. The van der Waals surface area contributed by atoms with Crippen molar-refractivity contribution in [2.45, 2.75) is 0 Å². The zero-order valence-electron chi connectivity index (χ0n) is 16.2. The van der Waals surface area contributed by atoms with Gasteiger partial charge in [0, 0.05) is 29.5 Å². The van der Waals surface area contributed by atoms with Crippen molar-refractivity contribution >= 4 is 22.1 Å². The summed E-state index contributed by atoms with van der Waals surface area (Å²) in [7, 11) is 0. The van der Waals surface area contributed by atoms with Crippen LogP contribution in [0, 0.1) is 5.82 Å². The molecule has 31 heavy (non-hydrogen) atoms. The van der Waals surface area contributed by atoms with E-state index in [0.29, 0.717) is 11.3 Å². The molecule has 0 amide bonds. The van der Waals surface area contributed by atoms with E-state index in [2.05, 4.69) is 25.1 Å². The Kier molecular flexibility index (Phi) is 3.86. The van der Waals surface area contributed by atoms with Gasteiger partial charge in [0.15, 0.2) is 0 Å². The van der Waals surface area contributed by atoms with E-state index in [1.807, 2.05) is 42.5 Å². The Morgan fingerprint density at radius 2 is 1.74 bits per heavy atom. The summed E-state index contributed by atoms with van der Waals surface area (Å²) >= 11 is 0. The number of aromatic nitrogens is 6. The summed E-state index contributed by atoms with van der Waals surface area (Å²) in [6.45, 7) is 0. The molecule has 2 N–H and O–H groups in total. The molecule has 7 heteroatoms. The Bertz CT molecular complexity index is 1550.